The van der Waals surface area contributed by atoms with Crippen molar-refractivity contribution in [3.63, 3.8) is 0 Å². The summed E-state index contributed by atoms with van der Waals surface area (Å²) >= 11 is 5.12. The quantitative estimate of drug-likeness (QED) is 0.730. The summed E-state index contributed by atoms with van der Waals surface area (Å²) in [4.78, 5) is 12.0. The molecule has 18 heavy (non-hydrogen) atoms. The zero-order valence-electron chi connectivity index (χ0n) is 10.9. The average molecular weight is 265 g/mol. The van der Waals surface area contributed by atoms with Crippen LogP contribution in [0.4, 0.5) is 5.69 Å². The molecule has 0 aliphatic rings. The minimum absolute atomic E-state index is 0.103. The van der Waals surface area contributed by atoms with Crippen LogP contribution in [0.15, 0.2) is 24.3 Å². The number of nitrogens with one attached hydrogen (secondary N) is 3. The smallest absolute Gasteiger partial charge is 0.253 e. The fourth-order valence-electron chi connectivity index (χ4n) is 1.46. The van der Waals surface area contributed by atoms with Gasteiger partial charge >= 0.3 is 0 Å². The Morgan fingerprint density at radius 1 is 1.33 bits per heavy atom. The molecule has 0 heterocycles. The number of benzene rings is 1. The summed E-state index contributed by atoms with van der Waals surface area (Å²) in [5.74, 6) is -0.104. The molecular formula is C13H19N3OS. The van der Waals surface area contributed by atoms with E-state index in [9.17, 15) is 4.79 Å². The van der Waals surface area contributed by atoms with Gasteiger partial charge in [0.15, 0.2) is 5.11 Å². The Bertz CT molecular complexity index is 432. The standard InChI is InChI=1S/C13H19N3OS/c1-4-14-13(18)16-11-8-6-5-7-10(11)12(17)15-9(2)3/h5-9H,4H2,1-3H3,(H,15,17)(H2,14,16,18). The molecule has 0 unspecified atom stereocenters. The van der Waals surface area contributed by atoms with Gasteiger partial charge in [-0.05, 0) is 45.1 Å². The monoisotopic (exact) mass is 265 g/mol. The topological polar surface area (TPSA) is 53.2 Å². The molecule has 0 atom stereocenters. The molecule has 3 N–H and O–H groups in total. The molecule has 1 rings (SSSR count). The van der Waals surface area contributed by atoms with Crippen molar-refractivity contribution in [2.45, 2.75) is 26.8 Å². The summed E-state index contributed by atoms with van der Waals surface area (Å²) in [6.07, 6.45) is 0. The predicted octanol–water partition coefficient (Wildman–Crippen LogP) is 2.13. The third-order valence-electron chi connectivity index (χ3n) is 2.18. The molecule has 0 saturated carbocycles. The van der Waals surface area contributed by atoms with E-state index in [0.717, 1.165) is 6.54 Å². The van der Waals surface area contributed by atoms with Gasteiger partial charge in [-0.2, -0.15) is 0 Å². The zero-order valence-corrected chi connectivity index (χ0v) is 11.7. The molecule has 0 aliphatic heterocycles. The first kappa shape index (κ1) is 14.4. The molecule has 0 spiro atoms. The van der Waals surface area contributed by atoms with E-state index in [2.05, 4.69) is 16.0 Å². The Morgan fingerprint density at radius 2 is 2.00 bits per heavy atom. The van der Waals surface area contributed by atoms with Crippen molar-refractivity contribution in [3.8, 4) is 0 Å². The lowest BCUT2D eigenvalue weighted by Gasteiger charge is -2.14. The van der Waals surface area contributed by atoms with Crippen LogP contribution in [0.5, 0.6) is 0 Å². The minimum Gasteiger partial charge on any atom is -0.363 e. The summed E-state index contributed by atoms with van der Waals surface area (Å²) in [5.41, 5.74) is 1.30. The van der Waals surface area contributed by atoms with Crippen LogP contribution in [-0.4, -0.2) is 23.6 Å². The first-order chi connectivity index (χ1) is 8.54. The first-order valence-corrected chi connectivity index (χ1v) is 6.40. The molecule has 98 valence electrons. The Kier molecular flexibility index (Phi) is 5.58. The van der Waals surface area contributed by atoms with E-state index in [-0.39, 0.29) is 11.9 Å². The summed E-state index contributed by atoms with van der Waals surface area (Å²) < 4.78 is 0. The van der Waals surface area contributed by atoms with E-state index in [0.29, 0.717) is 16.4 Å². The second-order valence-electron chi connectivity index (χ2n) is 4.16. The molecule has 1 aromatic carbocycles. The van der Waals surface area contributed by atoms with Gasteiger partial charge in [0.25, 0.3) is 5.91 Å². The molecule has 0 aliphatic carbocycles. The number of thiocarbonyl (C=S) groups is 1. The molecule has 5 heteroatoms. The van der Waals surface area contributed by atoms with Crippen LogP contribution in [0.1, 0.15) is 31.1 Å². The number of anilines is 1. The van der Waals surface area contributed by atoms with Crippen molar-refractivity contribution in [3.05, 3.63) is 29.8 Å². The molecule has 1 aromatic rings. The van der Waals surface area contributed by atoms with Gasteiger partial charge in [-0.15, -0.1) is 0 Å². The molecule has 0 aromatic heterocycles. The van der Waals surface area contributed by atoms with Crippen LogP contribution in [0.2, 0.25) is 0 Å². The number of carbonyl (C=O) groups is 1. The van der Waals surface area contributed by atoms with E-state index >= 15 is 0 Å². The summed E-state index contributed by atoms with van der Waals surface area (Å²) in [6.45, 7) is 6.56. The van der Waals surface area contributed by atoms with Crippen molar-refractivity contribution >= 4 is 28.9 Å². The highest BCUT2D eigenvalue weighted by molar-refractivity contribution is 7.80. The van der Waals surface area contributed by atoms with E-state index in [1.54, 1.807) is 6.07 Å². The second kappa shape index (κ2) is 6.96. The highest BCUT2D eigenvalue weighted by Crippen LogP contribution is 2.14. The van der Waals surface area contributed by atoms with Crippen molar-refractivity contribution in [1.29, 1.82) is 0 Å². The van der Waals surface area contributed by atoms with Gasteiger partial charge in [0.2, 0.25) is 0 Å². The van der Waals surface area contributed by atoms with Gasteiger partial charge in [-0.1, -0.05) is 12.1 Å². The van der Waals surface area contributed by atoms with Crippen molar-refractivity contribution in [2.75, 3.05) is 11.9 Å². The number of hydrogen-bond donors (Lipinski definition) is 3. The number of carbonyl (C=O) groups excluding carboxylic acids is 1. The number of hydrogen-bond acceptors (Lipinski definition) is 2. The molecule has 0 fully saturated rings. The summed E-state index contributed by atoms with van der Waals surface area (Å²) in [5, 5.41) is 9.39. The van der Waals surface area contributed by atoms with E-state index < -0.39 is 0 Å². The third kappa shape index (κ3) is 4.33. The van der Waals surface area contributed by atoms with Crippen LogP contribution in [0.3, 0.4) is 0 Å². The normalized spacial score (nSPS) is 10.0. The first-order valence-electron chi connectivity index (χ1n) is 5.99. The van der Waals surface area contributed by atoms with Crippen molar-refractivity contribution in [1.82, 2.24) is 10.6 Å². The van der Waals surface area contributed by atoms with Crippen LogP contribution in [0, 0.1) is 0 Å². The van der Waals surface area contributed by atoms with Gasteiger partial charge in [0.1, 0.15) is 0 Å². The lowest BCUT2D eigenvalue weighted by molar-refractivity contribution is 0.0944. The van der Waals surface area contributed by atoms with Crippen LogP contribution < -0.4 is 16.0 Å². The molecule has 4 nitrogen and oxygen atoms in total. The molecule has 0 bridgehead atoms. The van der Waals surface area contributed by atoms with Crippen LogP contribution in [-0.2, 0) is 0 Å². The molecule has 1 amide bonds. The van der Waals surface area contributed by atoms with E-state index in [1.807, 2.05) is 39.0 Å². The number of rotatable bonds is 4. The lowest BCUT2D eigenvalue weighted by atomic mass is 10.1. The summed E-state index contributed by atoms with van der Waals surface area (Å²) in [6, 6.07) is 7.40. The van der Waals surface area contributed by atoms with Gasteiger partial charge in [0, 0.05) is 12.6 Å². The van der Waals surface area contributed by atoms with Crippen molar-refractivity contribution < 1.29 is 4.79 Å². The Labute approximate surface area is 113 Å². The maximum Gasteiger partial charge on any atom is 0.253 e. The van der Waals surface area contributed by atoms with Crippen LogP contribution in [0.25, 0.3) is 0 Å². The number of amides is 1. The Hall–Kier alpha value is -1.62. The fourth-order valence-corrected chi connectivity index (χ4v) is 1.71. The maximum absolute atomic E-state index is 12.0. The highest BCUT2D eigenvalue weighted by Gasteiger charge is 2.12. The van der Waals surface area contributed by atoms with Crippen LogP contribution >= 0.6 is 12.2 Å². The predicted molar refractivity (Wildman–Crippen MR) is 78.9 cm³/mol. The average Bonchev–Trinajstić information content (AvgIpc) is 2.28. The Morgan fingerprint density at radius 3 is 2.61 bits per heavy atom. The zero-order chi connectivity index (χ0) is 13.5. The maximum atomic E-state index is 12.0. The summed E-state index contributed by atoms with van der Waals surface area (Å²) in [7, 11) is 0. The lowest BCUT2D eigenvalue weighted by Crippen LogP contribution is -2.32. The van der Waals surface area contributed by atoms with Gasteiger partial charge in [0.05, 0.1) is 11.3 Å². The number of para-hydroxylation sites is 1. The molecule has 0 radical (unpaired) electrons. The largest absolute Gasteiger partial charge is 0.363 e. The second-order valence-corrected chi connectivity index (χ2v) is 4.57. The van der Waals surface area contributed by atoms with E-state index in [4.69, 9.17) is 12.2 Å². The third-order valence-corrected chi connectivity index (χ3v) is 2.42. The Balaban J connectivity index is 2.85. The fraction of sp³-hybridized carbons (Fsp3) is 0.385. The van der Waals surface area contributed by atoms with Gasteiger partial charge < -0.3 is 16.0 Å². The minimum atomic E-state index is -0.104. The highest BCUT2D eigenvalue weighted by atomic mass is 32.1. The van der Waals surface area contributed by atoms with Crippen molar-refractivity contribution in [2.24, 2.45) is 0 Å². The molecular weight excluding hydrogens is 246 g/mol. The van der Waals surface area contributed by atoms with Gasteiger partial charge in [-0.3, -0.25) is 4.79 Å². The SMILES string of the molecule is CCNC(=S)Nc1ccccc1C(=O)NC(C)C. The van der Waals surface area contributed by atoms with E-state index in [1.165, 1.54) is 0 Å². The van der Waals surface area contributed by atoms with Gasteiger partial charge in [-0.25, -0.2) is 0 Å². The molecule has 0 saturated heterocycles.